The fraction of sp³-hybridized carbons (Fsp3) is 0.353. The number of aromatic nitrogens is 19. The molecule has 13 heterocycles. The molecule has 0 radical (unpaired) electrons. The summed E-state index contributed by atoms with van der Waals surface area (Å²) in [6.45, 7) is 9.16. The molecule has 4 amide bonds. The highest BCUT2D eigenvalue weighted by Gasteiger charge is 2.52. The first-order valence-corrected chi connectivity index (χ1v) is 54.8. The van der Waals surface area contributed by atoms with Crippen LogP contribution in [0.4, 0.5) is 41.1 Å². The lowest BCUT2D eigenvalue weighted by Gasteiger charge is -2.29. The average molecular weight is 2200 g/mol. The molecule has 1 unspecified atom stereocenters. The maximum absolute atomic E-state index is 16.6. The number of nitrogens with zero attached hydrogens (tertiary/aromatic N) is 17. The average Bonchev–Trinajstić information content (AvgIpc) is 1.61. The second-order valence-electron chi connectivity index (χ2n) is 32.1. The molecule has 0 saturated carbocycles. The standard InChI is InChI=1S/C39H39Cl2F2N10O8PS2.C17H16FN5O4.C15H20FN5O4.C7H5Cl4PS2.C7H5N3O2/c1-4-23-25(42)30(38(59-23)53-17-47-28-33(53)49-39(51-36(28)57)50-34(55)18(2)3)61-62(63,64-14-20-10-11-21(40)12-22(20)41)58-13-24-29(54)26(43)37(60-24)52-16-46-27-31(44-15-45-32(27)52)48-35(56)19-8-6-5-7-9-19;18-11-13(25)10(6-24)27-17(11)23-8-21-12-14(19-7-20-15(12)23)22-16(26)9-4-2-1-3-5-9;1-4-7-8(16)10(22)14(25-7)21-5-17-9-11(21)18-15(20-13(9)24)19-12(23)6(2)3;8-6-2-1-5(7(9)3-6)4-14-12(10,11)13;11-7-5-3-1-2-4-6(5)8-9-10(7)12/h5-12,15-18,23-26,29-30,37-38,54H,4,13-14H2,1-3H3,(H,44,45,48,56)(H2,49,50,51,55,57);1-5,7-8,10-11,13,17,24-25H,6H2,(H,19,20,22,26);5-8,10,14,22H,4H2,1-3H3,(H2,18,19,20,23,24);1-3H,4H2;1-4,12H/t23-,24-,25-,26+,29-,30-,37-,38-,62?;10-,11+,13-,17-;7-,8-,10-,14-;;/m111../s1. The predicted molar refractivity (Wildman–Crippen MR) is 531 cm³/mol. The number of nitrogens with one attached hydrogen (secondary N) is 6. The quantitative estimate of drug-likeness (QED) is 0.0136. The van der Waals surface area contributed by atoms with Crippen LogP contribution in [0.5, 0.6) is 0 Å². The van der Waals surface area contributed by atoms with Crippen LogP contribution in [0.15, 0.2) is 174 Å². The lowest BCUT2D eigenvalue weighted by Crippen LogP contribution is -2.32. The van der Waals surface area contributed by atoms with E-state index in [0.29, 0.717) is 59.9 Å². The zero-order chi connectivity index (χ0) is 102. The van der Waals surface area contributed by atoms with Crippen LogP contribution in [0.1, 0.15) is 111 Å². The number of rotatable bonds is 26. The van der Waals surface area contributed by atoms with Crippen molar-refractivity contribution in [1.82, 2.24) is 93.2 Å². The molecule has 4 aliphatic rings. The smallest absolute Gasteiger partial charge is 0.314 e. The Morgan fingerprint density at radius 3 is 1.41 bits per heavy atom. The van der Waals surface area contributed by atoms with Crippen LogP contribution in [-0.4, -0.2) is 229 Å². The Morgan fingerprint density at radius 2 is 0.951 bits per heavy atom. The third kappa shape index (κ3) is 25.1. The SMILES string of the molecule is CC[C@H]1O[C@@H](n2cnc3c(=O)[nH]c(NC(=O)C(C)C)nc32)[C@H](O)[C@@H]1F.CC[C@H]1O[C@@H](n2cnc3c(=O)[nH]c(NC(=O)C(C)C)nc32)[C@H](OP(=S)(OC[C@H]2O[C@@H](n3cnc4c(NC(=O)c5ccccc5)ncnc43)[C@@H](F)[C@@H]2O)SCc2ccc(Cl)cc2Cl)[C@@H]1F.O=C(Nc1ncnc2c1ncn2[C@@H]1O[C@H](CO)[C@@H](O)[C@@H]1F)c1ccccc1.O=c1c2ccccc2nnn1O.S=P(Cl)(Cl)SCc1ccc(Cl)cc1Cl. The number of ether oxygens (including phenoxy) is 4. The van der Waals surface area contributed by atoms with E-state index in [1.807, 2.05) is 6.07 Å². The molecule has 4 aliphatic heterocycles. The lowest BCUT2D eigenvalue weighted by atomic mass is 10.1. The molecule has 0 bridgehead atoms. The first-order valence-electron chi connectivity index (χ1n) is 42.8. The van der Waals surface area contributed by atoms with Gasteiger partial charge < -0.3 is 64.3 Å². The van der Waals surface area contributed by atoms with Crippen molar-refractivity contribution in [2.75, 3.05) is 34.5 Å². The molecule has 4 fully saturated rings. The molecule has 9 aromatic heterocycles. The molecule has 142 heavy (non-hydrogen) atoms. The van der Waals surface area contributed by atoms with E-state index in [-0.39, 0.29) is 103 Å². The molecular formula is C85H85Cl6F4N23O18P2S4. The van der Waals surface area contributed by atoms with Crippen molar-refractivity contribution in [3.05, 3.63) is 233 Å². The summed E-state index contributed by atoms with van der Waals surface area (Å²) in [7, 11) is 0. The van der Waals surface area contributed by atoms with E-state index in [0.717, 1.165) is 16.9 Å². The predicted octanol–water partition coefficient (Wildman–Crippen LogP) is 14.3. The number of fused-ring (bicyclic) bond motifs is 5. The molecule has 18 rings (SSSR count). The molecule has 41 nitrogen and oxygen atoms in total. The number of anilines is 4. The first-order chi connectivity index (χ1) is 67.7. The van der Waals surface area contributed by atoms with Gasteiger partial charge in [-0.1, -0.05) is 206 Å². The number of carbonyl (C=O) groups is 4. The van der Waals surface area contributed by atoms with E-state index >= 15 is 8.78 Å². The minimum Gasteiger partial charge on any atom is -0.407 e. The van der Waals surface area contributed by atoms with Crippen LogP contribution in [0.2, 0.25) is 20.1 Å². The molecule has 14 aromatic rings. The summed E-state index contributed by atoms with van der Waals surface area (Å²) in [5.74, 6) is -1.56. The van der Waals surface area contributed by atoms with Gasteiger partial charge in [0.25, 0.3) is 22.9 Å². The first kappa shape index (κ1) is 107. The summed E-state index contributed by atoms with van der Waals surface area (Å²) >= 11 is 49.2. The fourth-order valence-electron chi connectivity index (χ4n) is 14.4. The Labute approximate surface area is 848 Å². The number of carbonyl (C=O) groups excluding carboxylic acids is 4. The highest BCUT2D eigenvalue weighted by molar-refractivity contribution is 8.85. The summed E-state index contributed by atoms with van der Waals surface area (Å²) in [4.78, 5) is 133. The minimum atomic E-state index is -3.79. The van der Waals surface area contributed by atoms with Gasteiger partial charge in [-0.05, 0) is 106 Å². The van der Waals surface area contributed by atoms with Crippen LogP contribution in [0.3, 0.4) is 0 Å². The normalized spacial score (nSPS) is 22.4. The van der Waals surface area contributed by atoms with E-state index < -0.39 is 156 Å². The number of hydrogen-bond donors (Lipinski definition) is 11. The minimum absolute atomic E-state index is 0.00806. The molecule has 0 spiro atoms. The maximum atomic E-state index is 16.6. The van der Waals surface area contributed by atoms with Gasteiger partial charge >= 0.3 is 5.56 Å². The number of H-pyrrole nitrogens is 2. The Bertz CT molecular complexity index is 7230. The summed E-state index contributed by atoms with van der Waals surface area (Å²) in [6.07, 6.45) is -14.4. The maximum Gasteiger partial charge on any atom is 0.314 e. The second-order valence-corrected chi connectivity index (χ2v) is 52.1. The fourth-order valence-corrected chi connectivity index (χ4v) is 22.6. The molecule has 11 N–H and O–H groups in total. The summed E-state index contributed by atoms with van der Waals surface area (Å²) in [5.41, 5.74) is -2.07. The molecule has 5 aromatic carbocycles. The van der Waals surface area contributed by atoms with Gasteiger partial charge in [0.05, 0.1) is 56.1 Å². The van der Waals surface area contributed by atoms with Crippen LogP contribution < -0.4 is 37.9 Å². The van der Waals surface area contributed by atoms with Gasteiger partial charge in [-0.3, -0.25) is 72.4 Å². The van der Waals surface area contributed by atoms with E-state index in [1.165, 1.54) is 67.6 Å². The van der Waals surface area contributed by atoms with E-state index in [4.69, 9.17) is 126 Å². The zero-order valence-corrected chi connectivity index (χ0v) is 84.2. The topological polar surface area (TPSA) is 535 Å². The second kappa shape index (κ2) is 47.3. The Hall–Kier alpha value is -10.3. The summed E-state index contributed by atoms with van der Waals surface area (Å²) < 4.78 is 100. The van der Waals surface area contributed by atoms with Gasteiger partial charge in [0.1, 0.15) is 54.8 Å². The Balaban J connectivity index is 0.000000166. The number of hydrogen-bond acceptors (Lipinski definition) is 34. The Morgan fingerprint density at radius 1 is 0.521 bits per heavy atom. The largest absolute Gasteiger partial charge is 0.407 e. The summed E-state index contributed by atoms with van der Waals surface area (Å²) in [5, 5.41) is 68.7. The van der Waals surface area contributed by atoms with E-state index in [2.05, 4.69) is 91.4 Å². The number of halogens is 10. The van der Waals surface area contributed by atoms with E-state index in [9.17, 15) is 62.8 Å². The third-order valence-electron chi connectivity index (χ3n) is 21.9. The molecule has 0 aliphatic carbocycles. The van der Waals surface area contributed by atoms with Gasteiger partial charge in [0.15, 0.2) is 110 Å². The van der Waals surface area contributed by atoms with Crippen LogP contribution >= 0.6 is 101 Å². The van der Waals surface area contributed by atoms with Crippen LogP contribution in [-0.2, 0) is 72.7 Å². The third-order valence-corrected chi connectivity index (χ3v) is 32.9. The monoisotopic (exact) mass is 2190 g/mol. The van der Waals surface area contributed by atoms with E-state index in [1.54, 1.807) is 157 Å². The van der Waals surface area contributed by atoms with Crippen molar-refractivity contribution in [2.24, 2.45) is 11.8 Å². The van der Waals surface area contributed by atoms with Gasteiger partial charge in [-0.25, -0.2) is 57.4 Å². The van der Waals surface area contributed by atoms with Gasteiger partial charge in [0, 0.05) is 54.6 Å². The van der Waals surface area contributed by atoms with Crippen LogP contribution in [0.25, 0.3) is 55.6 Å². The van der Waals surface area contributed by atoms with Crippen LogP contribution in [0, 0.1) is 11.8 Å². The molecule has 57 heteroatoms. The molecule has 752 valence electrons. The number of alkyl halides is 4. The van der Waals surface area contributed by atoms with Gasteiger partial charge in [-0.15, -0.1) is 5.10 Å². The number of aliphatic hydroxyl groups is 4. The van der Waals surface area contributed by atoms with Crippen molar-refractivity contribution in [1.29, 1.82) is 0 Å². The van der Waals surface area contributed by atoms with Crippen molar-refractivity contribution in [3.63, 3.8) is 0 Å². The number of aromatic amines is 2. The number of imidazole rings is 4. The zero-order valence-electron chi connectivity index (χ0n) is 74.6. The lowest BCUT2D eigenvalue weighted by molar-refractivity contribution is -0.119. The number of amides is 4. The van der Waals surface area contributed by atoms with Crippen molar-refractivity contribution in [2.45, 2.75) is 164 Å². The molecular weight excluding hydrogens is 2110 g/mol. The Kier molecular flexibility index (Phi) is 35.8. The van der Waals surface area contributed by atoms with Crippen molar-refractivity contribution < 1.29 is 90.4 Å². The number of benzene rings is 5. The summed E-state index contributed by atoms with van der Waals surface area (Å²) in [6, 6.07) is 33.9. The highest BCUT2D eigenvalue weighted by atomic mass is 35.9. The molecule has 4 saturated heterocycles. The van der Waals surface area contributed by atoms with Gasteiger partial charge in [-0.2, -0.15) is 9.97 Å². The van der Waals surface area contributed by atoms with Crippen molar-refractivity contribution in [3.8, 4) is 0 Å². The highest BCUT2D eigenvalue weighted by Crippen LogP contribution is 2.69. The van der Waals surface area contributed by atoms with Crippen molar-refractivity contribution >= 4 is 228 Å². The van der Waals surface area contributed by atoms with Gasteiger partial charge in [0.2, 0.25) is 29.4 Å². The molecule has 17 atom stereocenters. The number of aliphatic hydroxyl groups excluding tert-OH is 4.